The monoisotopic (exact) mass is 325 g/mol. The lowest BCUT2D eigenvalue weighted by Gasteiger charge is -2.18. The van der Waals surface area contributed by atoms with Gasteiger partial charge in [-0.1, -0.05) is 6.07 Å². The highest BCUT2D eigenvalue weighted by Gasteiger charge is 2.42. The zero-order valence-electron chi connectivity index (χ0n) is 12.3. The Kier molecular flexibility index (Phi) is 4.07. The number of methoxy groups -OCH3 is 1. The fourth-order valence-corrected chi connectivity index (χ4v) is 4.45. The van der Waals surface area contributed by atoms with Gasteiger partial charge in [0.05, 0.1) is 7.11 Å². The van der Waals surface area contributed by atoms with Crippen molar-refractivity contribution in [3.63, 3.8) is 0 Å². The van der Waals surface area contributed by atoms with Crippen LogP contribution < -0.4 is 15.6 Å². The van der Waals surface area contributed by atoms with Gasteiger partial charge < -0.3 is 4.74 Å². The molecule has 7 nitrogen and oxygen atoms in total. The van der Waals surface area contributed by atoms with E-state index in [0.29, 0.717) is 5.69 Å². The number of rotatable bonds is 4. The van der Waals surface area contributed by atoms with Gasteiger partial charge in [-0.3, -0.25) is 14.9 Å². The third-order valence-electron chi connectivity index (χ3n) is 4.13. The second kappa shape index (κ2) is 5.86. The van der Waals surface area contributed by atoms with Gasteiger partial charge in [-0.25, -0.2) is 13.8 Å². The summed E-state index contributed by atoms with van der Waals surface area (Å²) in [6.07, 6.45) is 3.11. The van der Waals surface area contributed by atoms with E-state index in [4.69, 9.17) is 0 Å². The smallest absolute Gasteiger partial charge is 0.312 e. The topological polar surface area (TPSA) is 96.5 Å². The average Bonchev–Trinajstić information content (AvgIpc) is 3.14. The fourth-order valence-electron chi connectivity index (χ4n) is 2.99. The molecule has 8 heteroatoms. The van der Waals surface area contributed by atoms with E-state index in [-0.39, 0.29) is 6.54 Å². The zero-order valence-corrected chi connectivity index (χ0v) is 13.1. The molecule has 0 spiro atoms. The predicted molar refractivity (Wildman–Crippen MR) is 81.4 cm³/mol. The molecule has 22 heavy (non-hydrogen) atoms. The molecule has 0 amide bonds. The van der Waals surface area contributed by atoms with Crippen molar-refractivity contribution in [3.8, 4) is 0 Å². The van der Waals surface area contributed by atoms with E-state index in [0.717, 1.165) is 19.3 Å². The highest BCUT2D eigenvalue weighted by Crippen LogP contribution is 2.26. The Labute approximate surface area is 129 Å². The molecular weight excluding hydrogens is 306 g/mol. The number of nitrogens with one attached hydrogen (secondary N) is 3. The summed E-state index contributed by atoms with van der Waals surface area (Å²) in [4.78, 5) is 11.7. The summed E-state index contributed by atoms with van der Waals surface area (Å²) >= 11 is 0. The molecular formula is C14H19N3O4S. The van der Waals surface area contributed by atoms with E-state index in [9.17, 15) is 13.2 Å². The highest BCUT2D eigenvalue weighted by atomic mass is 32.2. The Balaban J connectivity index is 1.80. The lowest BCUT2D eigenvalue weighted by Crippen LogP contribution is -2.44. The van der Waals surface area contributed by atoms with Gasteiger partial charge in [-0.2, -0.15) is 0 Å². The number of fused-ring (bicyclic) bond motifs is 1. The number of carbonyl (C=O) groups is 1. The summed E-state index contributed by atoms with van der Waals surface area (Å²) in [6.45, 7) is 0.211. The Bertz CT molecular complexity index is 689. The molecule has 1 heterocycles. The zero-order chi connectivity index (χ0) is 15.7. The number of benzene rings is 1. The van der Waals surface area contributed by atoms with Crippen molar-refractivity contribution in [2.24, 2.45) is 5.92 Å². The maximum absolute atomic E-state index is 12.5. The van der Waals surface area contributed by atoms with E-state index in [1.165, 1.54) is 18.2 Å². The minimum atomic E-state index is -3.76. The minimum absolute atomic E-state index is 0.211. The molecule has 120 valence electrons. The lowest BCUT2D eigenvalue weighted by molar-refractivity contribution is -0.144. The number of ether oxygens (including phenoxy) is 1. The predicted octanol–water partition coefficient (Wildman–Crippen LogP) is 0.140. The van der Waals surface area contributed by atoms with Crippen molar-refractivity contribution in [2.45, 2.75) is 24.6 Å². The molecule has 1 aliphatic heterocycles. The molecule has 0 aromatic heterocycles. The van der Waals surface area contributed by atoms with Crippen molar-refractivity contribution < 1.29 is 17.9 Å². The molecule has 1 aliphatic carbocycles. The summed E-state index contributed by atoms with van der Waals surface area (Å²) in [7, 11) is -2.51. The summed E-state index contributed by atoms with van der Waals surface area (Å²) in [5, 5.41) is -1.06. The number of aryl methyl sites for hydroxylation is 2. The van der Waals surface area contributed by atoms with Gasteiger partial charge in [0.15, 0.2) is 5.37 Å². The summed E-state index contributed by atoms with van der Waals surface area (Å²) < 4.78 is 32.2. The first-order chi connectivity index (χ1) is 10.5. The first-order valence-corrected chi connectivity index (χ1v) is 8.75. The molecule has 3 rings (SSSR count). The molecule has 0 bridgehead atoms. The van der Waals surface area contributed by atoms with Gasteiger partial charge in [0.25, 0.3) is 10.0 Å². The molecule has 1 saturated heterocycles. The first-order valence-electron chi connectivity index (χ1n) is 7.21. The van der Waals surface area contributed by atoms with E-state index < -0.39 is 27.3 Å². The second-order valence-electron chi connectivity index (χ2n) is 5.56. The van der Waals surface area contributed by atoms with Gasteiger partial charge in [0, 0.05) is 12.2 Å². The Morgan fingerprint density at radius 3 is 2.86 bits per heavy atom. The number of anilines is 1. The standard InChI is InChI=1S/C14H19N3O4S/c1-21-14(18)12-8-15-16-13(12)22(19,20)17-11-6-5-9-3-2-4-10(9)7-11/h5-7,12-13,15-17H,2-4,8H2,1H3. The quantitative estimate of drug-likeness (QED) is 0.682. The summed E-state index contributed by atoms with van der Waals surface area (Å²) in [5.74, 6) is -1.33. The van der Waals surface area contributed by atoms with Crippen LogP contribution in [-0.2, 0) is 32.4 Å². The van der Waals surface area contributed by atoms with Gasteiger partial charge in [0.2, 0.25) is 0 Å². The number of carbonyl (C=O) groups excluding carboxylic acids is 1. The number of hydrogen-bond acceptors (Lipinski definition) is 6. The van der Waals surface area contributed by atoms with Crippen LogP contribution in [0.1, 0.15) is 17.5 Å². The van der Waals surface area contributed by atoms with Crippen LogP contribution in [0.3, 0.4) is 0 Å². The third-order valence-corrected chi connectivity index (χ3v) is 5.76. The highest BCUT2D eigenvalue weighted by molar-refractivity contribution is 7.93. The molecule has 2 atom stereocenters. The number of hydrogen-bond donors (Lipinski definition) is 3. The van der Waals surface area contributed by atoms with E-state index in [2.05, 4.69) is 20.3 Å². The molecule has 2 aliphatic rings. The number of sulfonamides is 1. The maximum Gasteiger partial charge on any atom is 0.312 e. The van der Waals surface area contributed by atoms with Crippen molar-refractivity contribution in [1.29, 1.82) is 0 Å². The molecule has 1 aromatic rings. The van der Waals surface area contributed by atoms with Gasteiger partial charge in [-0.05, 0) is 42.5 Å². The first kappa shape index (κ1) is 15.3. The van der Waals surface area contributed by atoms with Crippen LogP contribution in [-0.4, -0.2) is 33.4 Å². The summed E-state index contributed by atoms with van der Waals surface area (Å²) in [6, 6.07) is 5.59. The lowest BCUT2D eigenvalue weighted by atomic mass is 10.1. The normalized spacial score (nSPS) is 24.0. The molecule has 0 saturated carbocycles. The van der Waals surface area contributed by atoms with E-state index in [1.807, 2.05) is 12.1 Å². The fraction of sp³-hybridized carbons (Fsp3) is 0.500. The average molecular weight is 325 g/mol. The largest absolute Gasteiger partial charge is 0.469 e. The number of esters is 1. The van der Waals surface area contributed by atoms with Gasteiger partial charge >= 0.3 is 5.97 Å². The minimum Gasteiger partial charge on any atom is -0.469 e. The van der Waals surface area contributed by atoms with Crippen LogP contribution in [0.4, 0.5) is 5.69 Å². The third kappa shape index (κ3) is 2.81. The summed E-state index contributed by atoms with van der Waals surface area (Å²) in [5.41, 5.74) is 8.32. The Morgan fingerprint density at radius 2 is 2.09 bits per heavy atom. The van der Waals surface area contributed by atoms with Crippen molar-refractivity contribution in [2.75, 3.05) is 18.4 Å². The SMILES string of the molecule is COC(=O)C1CNNC1S(=O)(=O)Nc1ccc2c(c1)CCC2. The van der Waals surface area contributed by atoms with E-state index in [1.54, 1.807) is 6.07 Å². The molecule has 1 fully saturated rings. The van der Waals surface area contributed by atoms with Gasteiger partial charge in [0.1, 0.15) is 5.92 Å². The van der Waals surface area contributed by atoms with Crippen LogP contribution >= 0.6 is 0 Å². The molecule has 2 unspecified atom stereocenters. The second-order valence-corrected chi connectivity index (χ2v) is 7.36. The number of hydrazine groups is 1. The van der Waals surface area contributed by atoms with Crippen LogP contribution in [0.15, 0.2) is 18.2 Å². The maximum atomic E-state index is 12.5. The van der Waals surface area contributed by atoms with Crippen molar-refractivity contribution in [3.05, 3.63) is 29.3 Å². The van der Waals surface area contributed by atoms with E-state index >= 15 is 0 Å². The van der Waals surface area contributed by atoms with Crippen LogP contribution in [0.25, 0.3) is 0 Å². The molecule has 3 N–H and O–H groups in total. The van der Waals surface area contributed by atoms with Crippen molar-refractivity contribution in [1.82, 2.24) is 10.9 Å². The molecule has 0 radical (unpaired) electrons. The molecule has 1 aromatic carbocycles. The van der Waals surface area contributed by atoms with Gasteiger partial charge in [-0.15, -0.1) is 0 Å². The Morgan fingerprint density at radius 1 is 1.32 bits per heavy atom. The van der Waals surface area contributed by atoms with Crippen molar-refractivity contribution >= 4 is 21.7 Å². The Hall–Kier alpha value is -1.64. The van der Waals surface area contributed by atoms with Crippen LogP contribution in [0.2, 0.25) is 0 Å². The van der Waals surface area contributed by atoms with Crippen LogP contribution in [0.5, 0.6) is 0 Å². The van der Waals surface area contributed by atoms with Crippen LogP contribution in [0, 0.1) is 5.92 Å².